The van der Waals surface area contributed by atoms with Crippen LogP contribution in [0.3, 0.4) is 0 Å². The molecule has 0 aliphatic carbocycles. The van der Waals surface area contributed by atoms with E-state index in [0.717, 1.165) is 15.7 Å². The van der Waals surface area contributed by atoms with E-state index in [1.165, 1.54) is 0 Å². The smallest absolute Gasteiger partial charge is 0.224 e. The highest BCUT2D eigenvalue weighted by Gasteiger charge is 2.18. The van der Waals surface area contributed by atoms with Crippen molar-refractivity contribution in [1.29, 1.82) is 0 Å². The monoisotopic (exact) mass is 366 g/mol. The molecule has 3 N–H and O–H groups in total. The minimum Gasteiger partial charge on any atom is -0.454 e. The number of ether oxygens (including phenoxy) is 1. The van der Waals surface area contributed by atoms with Crippen LogP contribution in [-0.2, 0) is 11.2 Å². The Morgan fingerprint density at radius 1 is 1.19 bits per heavy atom. The van der Waals surface area contributed by atoms with Crippen LogP contribution in [0.1, 0.15) is 12.0 Å². The molecule has 2 aromatic rings. The summed E-state index contributed by atoms with van der Waals surface area (Å²) in [7, 11) is 0. The van der Waals surface area contributed by atoms with Gasteiger partial charge in [0.2, 0.25) is 5.91 Å². The Bertz CT molecular complexity index is 734. The standard InChI is InChI=1S/C15H12BrClN2O2/c16-9-2-3-10(17)13(6-9)21-14-5-8-1-4-15(20)19-12(8)7-11(14)18/h2-3,5-7H,1,4,18H2,(H,19,20). The van der Waals surface area contributed by atoms with E-state index in [1.807, 2.05) is 12.1 Å². The Balaban J connectivity index is 1.96. The van der Waals surface area contributed by atoms with Gasteiger partial charge in [0.1, 0.15) is 5.75 Å². The molecule has 0 fully saturated rings. The molecule has 0 bridgehead atoms. The van der Waals surface area contributed by atoms with Crippen molar-refractivity contribution in [2.45, 2.75) is 12.8 Å². The average molecular weight is 368 g/mol. The second-order valence-electron chi connectivity index (χ2n) is 4.77. The Hall–Kier alpha value is -1.72. The molecular formula is C15H12BrClN2O2. The van der Waals surface area contributed by atoms with Crippen molar-refractivity contribution in [2.24, 2.45) is 0 Å². The third kappa shape index (κ3) is 2.99. The topological polar surface area (TPSA) is 64.3 Å². The van der Waals surface area contributed by atoms with Crippen LogP contribution >= 0.6 is 27.5 Å². The van der Waals surface area contributed by atoms with Crippen molar-refractivity contribution >= 4 is 44.8 Å². The molecule has 0 radical (unpaired) electrons. The number of hydrogen-bond donors (Lipinski definition) is 2. The molecule has 0 saturated heterocycles. The van der Waals surface area contributed by atoms with Crippen LogP contribution in [0.2, 0.25) is 5.02 Å². The fourth-order valence-corrected chi connectivity index (χ4v) is 2.68. The van der Waals surface area contributed by atoms with Gasteiger partial charge >= 0.3 is 0 Å². The van der Waals surface area contributed by atoms with Gasteiger partial charge in [-0.15, -0.1) is 0 Å². The lowest BCUT2D eigenvalue weighted by Crippen LogP contribution is -2.19. The van der Waals surface area contributed by atoms with Crippen LogP contribution in [-0.4, -0.2) is 5.91 Å². The van der Waals surface area contributed by atoms with Gasteiger partial charge < -0.3 is 15.8 Å². The highest BCUT2D eigenvalue weighted by Crippen LogP contribution is 2.38. The summed E-state index contributed by atoms with van der Waals surface area (Å²) in [4.78, 5) is 11.4. The van der Waals surface area contributed by atoms with Gasteiger partial charge in [0, 0.05) is 16.6 Å². The maximum atomic E-state index is 11.4. The van der Waals surface area contributed by atoms with Crippen LogP contribution < -0.4 is 15.8 Å². The lowest BCUT2D eigenvalue weighted by Gasteiger charge is -2.19. The van der Waals surface area contributed by atoms with Gasteiger partial charge in [-0.2, -0.15) is 0 Å². The average Bonchev–Trinajstić information content (AvgIpc) is 2.44. The molecule has 0 unspecified atom stereocenters. The fourth-order valence-electron chi connectivity index (χ4n) is 2.19. The fraction of sp³-hybridized carbons (Fsp3) is 0.133. The van der Waals surface area contributed by atoms with Gasteiger partial charge in [-0.05, 0) is 42.3 Å². The van der Waals surface area contributed by atoms with Crippen LogP contribution in [0.25, 0.3) is 0 Å². The Morgan fingerprint density at radius 3 is 2.81 bits per heavy atom. The molecule has 21 heavy (non-hydrogen) atoms. The zero-order chi connectivity index (χ0) is 15.0. The summed E-state index contributed by atoms with van der Waals surface area (Å²) in [5.74, 6) is 1.06. The first kappa shape index (κ1) is 14.2. The molecule has 1 aliphatic heterocycles. The van der Waals surface area contributed by atoms with E-state index in [2.05, 4.69) is 21.2 Å². The summed E-state index contributed by atoms with van der Waals surface area (Å²) in [5.41, 5.74) is 8.20. The van der Waals surface area contributed by atoms with E-state index in [1.54, 1.807) is 18.2 Å². The zero-order valence-corrected chi connectivity index (χ0v) is 13.3. The number of nitrogen functional groups attached to an aromatic ring is 1. The summed E-state index contributed by atoms with van der Waals surface area (Å²) < 4.78 is 6.68. The van der Waals surface area contributed by atoms with E-state index in [-0.39, 0.29) is 5.91 Å². The highest BCUT2D eigenvalue weighted by molar-refractivity contribution is 9.10. The maximum absolute atomic E-state index is 11.4. The van der Waals surface area contributed by atoms with Crippen LogP contribution in [0.15, 0.2) is 34.8 Å². The van der Waals surface area contributed by atoms with Crippen molar-refractivity contribution in [3.05, 3.63) is 45.4 Å². The van der Waals surface area contributed by atoms with E-state index < -0.39 is 0 Å². The normalized spacial score (nSPS) is 13.5. The van der Waals surface area contributed by atoms with E-state index >= 15 is 0 Å². The molecule has 3 rings (SSSR count). The number of carbonyl (C=O) groups is 1. The zero-order valence-electron chi connectivity index (χ0n) is 11.0. The number of aryl methyl sites for hydroxylation is 1. The molecule has 1 aliphatic rings. The first-order valence-corrected chi connectivity index (χ1v) is 7.55. The summed E-state index contributed by atoms with van der Waals surface area (Å²) in [5, 5.41) is 3.31. The number of hydrogen-bond acceptors (Lipinski definition) is 3. The third-order valence-electron chi connectivity index (χ3n) is 3.24. The largest absolute Gasteiger partial charge is 0.454 e. The van der Waals surface area contributed by atoms with Gasteiger partial charge in [0.05, 0.1) is 10.7 Å². The summed E-state index contributed by atoms with van der Waals surface area (Å²) in [6.45, 7) is 0. The Morgan fingerprint density at radius 2 is 2.00 bits per heavy atom. The second-order valence-corrected chi connectivity index (χ2v) is 6.10. The summed E-state index contributed by atoms with van der Waals surface area (Å²) >= 11 is 9.49. The molecule has 0 aromatic heterocycles. The van der Waals surface area contributed by atoms with E-state index in [0.29, 0.717) is 35.1 Å². The quantitative estimate of drug-likeness (QED) is 0.775. The van der Waals surface area contributed by atoms with E-state index in [4.69, 9.17) is 22.1 Å². The predicted octanol–water partition coefficient (Wildman–Crippen LogP) is 4.36. The van der Waals surface area contributed by atoms with Crippen LogP contribution in [0.5, 0.6) is 11.5 Å². The number of rotatable bonds is 2. The lowest BCUT2D eigenvalue weighted by atomic mass is 10.0. The molecule has 0 saturated carbocycles. The molecule has 1 amide bonds. The van der Waals surface area contributed by atoms with Crippen LogP contribution in [0, 0.1) is 0 Å². The molecule has 1 heterocycles. The number of anilines is 2. The number of fused-ring (bicyclic) bond motifs is 1. The number of nitrogens with two attached hydrogens (primary N) is 1. The molecule has 2 aromatic carbocycles. The van der Waals surface area contributed by atoms with Gasteiger partial charge in [-0.1, -0.05) is 27.5 Å². The summed E-state index contributed by atoms with van der Waals surface area (Å²) in [6.07, 6.45) is 1.14. The third-order valence-corrected chi connectivity index (χ3v) is 4.05. The number of halogens is 2. The SMILES string of the molecule is Nc1cc2c(cc1Oc1cc(Br)ccc1Cl)CCC(=O)N2. The molecule has 4 nitrogen and oxygen atoms in total. The number of benzene rings is 2. The first-order chi connectivity index (χ1) is 10.0. The van der Waals surface area contributed by atoms with Gasteiger partial charge in [-0.3, -0.25) is 4.79 Å². The van der Waals surface area contributed by atoms with Crippen molar-refractivity contribution in [3.63, 3.8) is 0 Å². The minimum atomic E-state index is 0.00519. The maximum Gasteiger partial charge on any atom is 0.224 e. The molecular weight excluding hydrogens is 356 g/mol. The Labute approximate surface area is 135 Å². The highest BCUT2D eigenvalue weighted by atomic mass is 79.9. The van der Waals surface area contributed by atoms with Crippen molar-refractivity contribution < 1.29 is 9.53 Å². The van der Waals surface area contributed by atoms with E-state index in [9.17, 15) is 4.79 Å². The van der Waals surface area contributed by atoms with Crippen molar-refractivity contribution in [3.8, 4) is 11.5 Å². The first-order valence-electron chi connectivity index (χ1n) is 6.38. The molecule has 6 heteroatoms. The van der Waals surface area contributed by atoms with Gasteiger partial charge in [0.15, 0.2) is 5.75 Å². The number of carbonyl (C=O) groups excluding carboxylic acids is 1. The Kier molecular flexibility index (Phi) is 3.78. The molecule has 108 valence electrons. The van der Waals surface area contributed by atoms with Crippen LogP contribution in [0.4, 0.5) is 11.4 Å². The van der Waals surface area contributed by atoms with Gasteiger partial charge in [-0.25, -0.2) is 0 Å². The number of amides is 1. The van der Waals surface area contributed by atoms with Gasteiger partial charge in [0.25, 0.3) is 0 Å². The van der Waals surface area contributed by atoms with Crippen molar-refractivity contribution in [2.75, 3.05) is 11.1 Å². The summed E-state index contributed by atoms with van der Waals surface area (Å²) in [6, 6.07) is 8.93. The molecule has 0 spiro atoms. The molecule has 0 atom stereocenters. The minimum absolute atomic E-state index is 0.00519. The lowest BCUT2D eigenvalue weighted by molar-refractivity contribution is -0.116. The second kappa shape index (κ2) is 5.58. The van der Waals surface area contributed by atoms with Crippen molar-refractivity contribution in [1.82, 2.24) is 0 Å². The predicted molar refractivity (Wildman–Crippen MR) is 87.0 cm³/mol. The number of nitrogens with one attached hydrogen (secondary N) is 1.